The number of benzene rings is 2. The fourth-order valence-corrected chi connectivity index (χ4v) is 7.10. The van der Waals surface area contributed by atoms with Crippen LogP contribution >= 0.6 is 0 Å². The van der Waals surface area contributed by atoms with Gasteiger partial charge in [-0.1, -0.05) is 30.3 Å². The molecule has 0 radical (unpaired) electrons. The predicted molar refractivity (Wildman–Crippen MR) is 197 cm³/mol. The average Bonchev–Trinajstić information content (AvgIpc) is 3.17. The SMILES string of the molecule is Cc1c(C(=O)NC2CCN(c3ccc(CN4CCC(NC(=O)c5ccc(F)c(-c6cccnc6)c5)CC4)cn3)CC2)cccc1-c1cccnc1. The fourth-order valence-electron chi connectivity index (χ4n) is 7.10. The van der Waals surface area contributed by atoms with Crippen LogP contribution in [0.2, 0.25) is 0 Å². The third kappa shape index (κ3) is 8.13. The molecule has 51 heavy (non-hydrogen) atoms. The van der Waals surface area contributed by atoms with Crippen molar-refractivity contribution in [2.24, 2.45) is 0 Å². The molecule has 0 saturated carbocycles. The lowest BCUT2D eigenvalue weighted by Crippen LogP contribution is -2.45. The maximum Gasteiger partial charge on any atom is 0.251 e. The summed E-state index contributed by atoms with van der Waals surface area (Å²) < 4.78 is 14.5. The molecule has 0 atom stereocenters. The molecule has 0 spiro atoms. The van der Waals surface area contributed by atoms with E-state index in [1.165, 1.54) is 12.1 Å². The Labute approximate surface area is 298 Å². The van der Waals surface area contributed by atoms with Crippen molar-refractivity contribution in [2.75, 3.05) is 31.1 Å². The lowest BCUT2D eigenvalue weighted by Gasteiger charge is -2.34. The Balaban J connectivity index is 0.856. The van der Waals surface area contributed by atoms with E-state index in [2.05, 4.69) is 42.5 Å². The van der Waals surface area contributed by atoms with E-state index in [4.69, 9.17) is 4.98 Å². The number of halogens is 1. The summed E-state index contributed by atoms with van der Waals surface area (Å²) in [6, 6.07) is 22.2. The Morgan fingerprint density at radius 2 is 1.41 bits per heavy atom. The third-order valence-electron chi connectivity index (χ3n) is 10.0. The first-order chi connectivity index (χ1) is 24.9. The quantitative estimate of drug-likeness (QED) is 0.184. The van der Waals surface area contributed by atoms with Crippen LogP contribution in [0.5, 0.6) is 0 Å². The second kappa shape index (κ2) is 15.6. The molecule has 10 heteroatoms. The van der Waals surface area contributed by atoms with E-state index >= 15 is 0 Å². The standard InChI is InChI=1S/C41H42FN7O2/c1-28-35(31-5-3-17-43-25-31)7-2-8-36(28)41(51)47-34-15-21-49(22-16-34)39-12-9-29(24-45-39)27-48-19-13-33(14-20-48)46-40(50)30-10-11-38(42)37(23-30)32-6-4-18-44-26-32/h2-12,17-18,23-26,33-34H,13-16,19-22,27H2,1H3,(H,46,50)(H,47,51). The van der Waals surface area contributed by atoms with Crippen molar-refractivity contribution in [1.29, 1.82) is 0 Å². The minimum Gasteiger partial charge on any atom is -0.356 e. The highest BCUT2D eigenvalue weighted by atomic mass is 19.1. The predicted octanol–water partition coefficient (Wildman–Crippen LogP) is 6.45. The molecule has 5 heterocycles. The number of hydrogen-bond acceptors (Lipinski definition) is 7. The van der Waals surface area contributed by atoms with E-state index < -0.39 is 0 Å². The Morgan fingerprint density at radius 3 is 2.06 bits per heavy atom. The minimum absolute atomic E-state index is 0.0335. The number of pyridine rings is 3. The third-order valence-corrected chi connectivity index (χ3v) is 10.0. The number of piperidine rings is 2. The molecule has 2 amide bonds. The van der Waals surface area contributed by atoms with Crippen LogP contribution in [0.15, 0.2) is 104 Å². The second-order valence-electron chi connectivity index (χ2n) is 13.4. The fraction of sp³-hybridized carbons (Fsp3) is 0.293. The summed E-state index contributed by atoms with van der Waals surface area (Å²) >= 11 is 0. The van der Waals surface area contributed by atoms with Crippen molar-refractivity contribution in [3.63, 3.8) is 0 Å². The molecular formula is C41H42FN7O2. The van der Waals surface area contributed by atoms with Crippen molar-refractivity contribution in [3.8, 4) is 22.3 Å². The zero-order valence-electron chi connectivity index (χ0n) is 28.8. The van der Waals surface area contributed by atoms with Gasteiger partial charge in [0.1, 0.15) is 11.6 Å². The molecule has 3 aromatic heterocycles. The maximum atomic E-state index is 14.5. The molecule has 7 rings (SSSR count). The zero-order chi connectivity index (χ0) is 35.2. The molecule has 2 aromatic carbocycles. The molecule has 0 unspecified atom stereocenters. The molecule has 2 fully saturated rings. The van der Waals surface area contributed by atoms with Gasteiger partial charge in [0.15, 0.2) is 0 Å². The summed E-state index contributed by atoms with van der Waals surface area (Å²) in [4.78, 5) is 44.1. The van der Waals surface area contributed by atoms with Gasteiger partial charge in [0.2, 0.25) is 0 Å². The summed E-state index contributed by atoms with van der Waals surface area (Å²) in [5, 5.41) is 6.41. The van der Waals surface area contributed by atoms with Gasteiger partial charge < -0.3 is 15.5 Å². The highest BCUT2D eigenvalue weighted by Gasteiger charge is 2.25. The van der Waals surface area contributed by atoms with Gasteiger partial charge >= 0.3 is 0 Å². The molecule has 2 saturated heterocycles. The van der Waals surface area contributed by atoms with Crippen molar-refractivity contribution in [3.05, 3.63) is 132 Å². The Hall–Kier alpha value is -5.48. The van der Waals surface area contributed by atoms with Gasteiger partial charge in [-0.15, -0.1) is 0 Å². The number of anilines is 1. The first-order valence-electron chi connectivity index (χ1n) is 17.6. The van der Waals surface area contributed by atoms with E-state index in [1.807, 2.05) is 49.6 Å². The van der Waals surface area contributed by atoms with Gasteiger partial charge in [-0.25, -0.2) is 9.37 Å². The van der Waals surface area contributed by atoms with Crippen LogP contribution in [-0.4, -0.2) is 69.9 Å². The van der Waals surface area contributed by atoms with Crippen LogP contribution in [0.1, 0.15) is 57.5 Å². The Bertz CT molecular complexity index is 1960. The largest absolute Gasteiger partial charge is 0.356 e. The molecule has 260 valence electrons. The molecule has 2 aliphatic heterocycles. The highest BCUT2D eigenvalue weighted by molar-refractivity contribution is 5.98. The lowest BCUT2D eigenvalue weighted by molar-refractivity contribution is 0.0906. The smallest absolute Gasteiger partial charge is 0.251 e. The molecule has 5 aromatic rings. The van der Waals surface area contributed by atoms with Crippen LogP contribution in [0.25, 0.3) is 22.3 Å². The van der Waals surface area contributed by atoms with E-state index in [1.54, 1.807) is 36.8 Å². The number of carbonyl (C=O) groups excluding carboxylic acids is 2. The topological polar surface area (TPSA) is 103 Å². The number of nitrogens with one attached hydrogen (secondary N) is 2. The molecule has 0 bridgehead atoms. The summed E-state index contributed by atoms with van der Waals surface area (Å²) in [6.45, 7) is 6.18. The van der Waals surface area contributed by atoms with Gasteiger partial charge in [0, 0.05) is 104 Å². The monoisotopic (exact) mass is 683 g/mol. The lowest BCUT2D eigenvalue weighted by atomic mass is 9.96. The van der Waals surface area contributed by atoms with Crippen molar-refractivity contribution in [1.82, 2.24) is 30.5 Å². The number of aromatic nitrogens is 3. The first kappa shape index (κ1) is 34.0. The van der Waals surface area contributed by atoms with Crippen molar-refractivity contribution in [2.45, 2.75) is 51.2 Å². The summed E-state index contributed by atoms with van der Waals surface area (Å²) in [5.41, 5.74) is 6.28. The van der Waals surface area contributed by atoms with E-state index in [0.29, 0.717) is 22.3 Å². The number of nitrogens with zero attached hydrogens (tertiary/aromatic N) is 5. The van der Waals surface area contributed by atoms with E-state index in [0.717, 1.165) is 86.5 Å². The van der Waals surface area contributed by atoms with Gasteiger partial charge in [0.05, 0.1) is 0 Å². The van der Waals surface area contributed by atoms with Crippen LogP contribution in [0.4, 0.5) is 10.2 Å². The van der Waals surface area contributed by atoms with Gasteiger partial charge in [-0.05, 0) is 91.8 Å². The minimum atomic E-state index is -0.379. The van der Waals surface area contributed by atoms with Crippen LogP contribution in [-0.2, 0) is 6.54 Å². The van der Waals surface area contributed by atoms with Crippen LogP contribution in [0, 0.1) is 12.7 Å². The first-order valence-corrected chi connectivity index (χ1v) is 17.6. The number of rotatable bonds is 9. The van der Waals surface area contributed by atoms with Crippen LogP contribution < -0.4 is 15.5 Å². The van der Waals surface area contributed by atoms with Gasteiger partial charge in [-0.3, -0.25) is 24.5 Å². The van der Waals surface area contributed by atoms with Crippen molar-refractivity contribution < 1.29 is 14.0 Å². The number of likely N-dealkylation sites (tertiary alicyclic amines) is 1. The van der Waals surface area contributed by atoms with Gasteiger partial charge in [0.25, 0.3) is 11.8 Å². The molecular weight excluding hydrogens is 641 g/mol. The summed E-state index contributed by atoms with van der Waals surface area (Å²) in [6.07, 6.45) is 12.2. The van der Waals surface area contributed by atoms with Gasteiger partial charge in [-0.2, -0.15) is 0 Å². The molecule has 2 N–H and O–H groups in total. The maximum absolute atomic E-state index is 14.5. The van der Waals surface area contributed by atoms with E-state index in [9.17, 15) is 14.0 Å². The molecule has 2 aliphatic rings. The highest BCUT2D eigenvalue weighted by Crippen LogP contribution is 2.27. The number of carbonyl (C=O) groups is 2. The average molecular weight is 684 g/mol. The Morgan fingerprint density at radius 1 is 0.745 bits per heavy atom. The van der Waals surface area contributed by atoms with E-state index in [-0.39, 0.29) is 29.7 Å². The summed E-state index contributed by atoms with van der Waals surface area (Å²) in [5.74, 6) is 0.355. The second-order valence-corrected chi connectivity index (χ2v) is 13.4. The molecule has 0 aliphatic carbocycles. The zero-order valence-corrected chi connectivity index (χ0v) is 28.8. The van der Waals surface area contributed by atoms with Crippen LogP contribution in [0.3, 0.4) is 0 Å². The van der Waals surface area contributed by atoms with Crippen molar-refractivity contribution >= 4 is 17.6 Å². The summed E-state index contributed by atoms with van der Waals surface area (Å²) in [7, 11) is 0. The normalized spacial score (nSPS) is 15.8. The Kier molecular flexibility index (Phi) is 10.4. The molecule has 9 nitrogen and oxygen atoms in total. The number of hydrogen-bond donors (Lipinski definition) is 2. The number of amides is 2.